The smallest absolute Gasteiger partial charge is 0.273 e. The Balaban J connectivity index is 1.44. The van der Waals surface area contributed by atoms with Crippen LogP contribution in [0.25, 0.3) is 10.9 Å². The van der Waals surface area contributed by atoms with E-state index < -0.39 is 6.04 Å². The number of aryl methyl sites for hydroxylation is 1. The van der Waals surface area contributed by atoms with Crippen molar-refractivity contribution in [2.75, 3.05) is 40.0 Å². The van der Waals surface area contributed by atoms with Crippen LogP contribution in [0, 0.1) is 0 Å². The standard InChI is InChI=1S/C25H30N8O3/c1-31-29-24(27-30-31)20(17-18-7-4-3-5-8-18)26-25(34)22-19-9-6-10-21(35-2)23(19)33(28-22)12-11-32-13-15-36-16-14-32/h3-10,20H,11-17H2,1-2H3,(H,26,34)/t20-/m0/s1. The molecule has 5 rings (SSSR count). The SMILES string of the molecule is COc1cccc2c(C(=O)N[C@@H](Cc3ccccc3)c3nnn(C)n3)nn(CCN3CCOCC3)c12. The topological polar surface area (TPSA) is 112 Å². The molecule has 0 unspecified atom stereocenters. The molecule has 1 saturated heterocycles. The summed E-state index contributed by atoms with van der Waals surface area (Å²) in [6.07, 6.45) is 0.525. The van der Waals surface area contributed by atoms with Crippen molar-refractivity contribution in [3.05, 3.63) is 65.6 Å². The quantitative estimate of drug-likeness (QED) is 0.377. The lowest BCUT2D eigenvalue weighted by Gasteiger charge is -2.26. The first-order valence-electron chi connectivity index (χ1n) is 12.0. The second-order valence-electron chi connectivity index (χ2n) is 8.74. The lowest BCUT2D eigenvalue weighted by atomic mass is 10.1. The number of amides is 1. The molecule has 1 aliphatic rings. The molecule has 0 saturated carbocycles. The number of nitrogens with zero attached hydrogens (tertiary/aromatic N) is 7. The first kappa shape index (κ1) is 23.9. The highest BCUT2D eigenvalue weighted by atomic mass is 16.5. The highest BCUT2D eigenvalue weighted by molar-refractivity contribution is 6.06. The molecule has 0 spiro atoms. The minimum atomic E-state index is -0.465. The summed E-state index contributed by atoms with van der Waals surface area (Å²) in [6.45, 7) is 4.67. The Morgan fingerprint density at radius 2 is 1.89 bits per heavy atom. The average molecular weight is 491 g/mol. The molecule has 1 fully saturated rings. The Labute approximate surface area is 209 Å². The fourth-order valence-corrected chi connectivity index (χ4v) is 4.48. The van der Waals surface area contributed by atoms with Gasteiger partial charge in [0.2, 0.25) is 0 Å². The third-order valence-corrected chi connectivity index (χ3v) is 6.32. The van der Waals surface area contributed by atoms with E-state index in [0.29, 0.717) is 30.2 Å². The summed E-state index contributed by atoms with van der Waals surface area (Å²) in [5, 5.41) is 21.0. The van der Waals surface area contributed by atoms with E-state index in [-0.39, 0.29) is 5.91 Å². The van der Waals surface area contributed by atoms with Gasteiger partial charge in [-0.1, -0.05) is 42.5 Å². The van der Waals surface area contributed by atoms with Gasteiger partial charge in [0.25, 0.3) is 5.91 Å². The minimum absolute atomic E-state index is 0.299. The number of carbonyl (C=O) groups is 1. The number of carbonyl (C=O) groups excluding carboxylic acids is 1. The maximum Gasteiger partial charge on any atom is 0.273 e. The lowest BCUT2D eigenvalue weighted by Crippen LogP contribution is -2.38. The largest absolute Gasteiger partial charge is 0.494 e. The Hall–Kier alpha value is -3.83. The molecule has 188 valence electrons. The van der Waals surface area contributed by atoms with Crippen molar-refractivity contribution in [3.8, 4) is 5.75 Å². The third-order valence-electron chi connectivity index (χ3n) is 6.32. The number of tetrazole rings is 1. The molecule has 11 heteroatoms. The Morgan fingerprint density at radius 1 is 1.08 bits per heavy atom. The first-order valence-corrected chi connectivity index (χ1v) is 12.0. The summed E-state index contributed by atoms with van der Waals surface area (Å²) < 4.78 is 13.0. The normalized spacial score (nSPS) is 15.2. The van der Waals surface area contributed by atoms with Gasteiger partial charge >= 0.3 is 0 Å². The van der Waals surface area contributed by atoms with E-state index in [1.807, 2.05) is 53.2 Å². The molecule has 0 radical (unpaired) electrons. The number of hydrogen-bond donors (Lipinski definition) is 1. The molecular weight excluding hydrogens is 460 g/mol. The monoisotopic (exact) mass is 490 g/mol. The zero-order valence-corrected chi connectivity index (χ0v) is 20.5. The third kappa shape index (κ3) is 5.21. The lowest BCUT2D eigenvalue weighted by molar-refractivity contribution is 0.0361. The fourth-order valence-electron chi connectivity index (χ4n) is 4.48. The zero-order valence-electron chi connectivity index (χ0n) is 20.5. The van der Waals surface area contributed by atoms with Crippen molar-refractivity contribution < 1.29 is 14.3 Å². The number of methoxy groups -OCH3 is 1. The van der Waals surface area contributed by atoms with Crippen LogP contribution in [0.15, 0.2) is 48.5 Å². The molecule has 11 nitrogen and oxygen atoms in total. The molecule has 2 aromatic heterocycles. The van der Waals surface area contributed by atoms with Crippen LogP contribution in [0.2, 0.25) is 0 Å². The summed E-state index contributed by atoms with van der Waals surface area (Å²) in [7, 11) is 3.33. The number of nitrogens with one attached hydrogen (secondary N) is 1. The van der Waals surface area contributed by atoms with E-state index in [1.165, 1.54) is 4.80 Å². The van der Waals surface area contributed by atoms with Gasteiger partial charge in [0.15, 0.2) is 11.5 Å². The van der Waals surface area contributed by atoms with Crippen LogP contribution in [0.4, 0.5) is 0 Å². The van der Waals surface area contributed by atoms with Gasteiger partial charge < -0.3 is 14.8 Å². The first-order chi connectivity index (χ1) is 17.6. The van der Waals surface area contributed by atoms with Crippen molar-refractivity contribution in [2.45, 2.75) is 19.0 Å². The molecule has 1 atom stereocenters. The Bertz CT molecular complexity index is 1310. The van der Waals surface area contributed by atoms with Gasteiger partial charge in [-0.3, -0.25) is 14.4 Å². The maximum absolute atomic E-state index is 13.6. The summed E-state index contributed by atoms with van der Waals surface area (Å²) in [6, 6.07) is 15.1. The maximum atomic E-state index is 13.6. The number of benzene rings is 2. The van der Waals surface area contributed by atoms with Crippen molar-refractivity contribution in [1.29, 1.82) is 0 Å². The molecule has 1 aliphatic heterocycles. The number of ether oxygens (including phenoxy) is 2. The number of morpholine rings is 1. The van der Waals surface area contributed by atoms with Crippen LogP contribution in [0.3, 0.4) is 0 Å². The Morgan fingerprint density at radius 3 is 2.61 bits per heavy atom. The highest BCUT2D eigenvalue weighted by Gasteiger charge is 2.25. The van der Waals surface area contributed by atoms with E-state index in [1.54, 1.807) is 14.2 Å². The van der Waals surface area contributed by atoms with Crippen LogP contribution < -0.4 is 10.1 Å². The van der Waals surface area contributed by atoms with Crippen LogP contribution >= 0.6 is 0 Å². The van der Waals surface area contributed by atoms with E-state index in [9.17, 15) is 4.79 Å². The molecule has 1 N–H and O–H groups in total. The highest BCUT2D eigenvalue weighted by Crippen LogP contribution is 2.28. The van der Waals surface area contributed by atoms with Gasteiger partial charge in [-0.25, -0.2) is 0 Å². The molecule has 2 aromatic carbocycles. The number of para-hydroxylation sites is 1. The summed E-state index contributed by atoms with van der Waals surface area (Å²) in [5.74, 6) is 0.826. The molecule has 4 aromatic rings. The molecule has 3 heterocycles. The predicted octanol–water partition coefficient (Wildman–Crippen LogP) is 1.61. The number of fused-ring (bicyclic) bond motifs is 1. The second kappa shape index (κ2) is 10.8. The predicted molar refractivity (Wildman–Crippen MR) is 133 cm³/mol. The Kier molecular flexibility index (Phi) is 7.19. The average Bonchev–Trinajstić information content (AvgIpc) is 3.52. The van der Waals surface area contributed by atoms with Crippen LogP contribution in [-0.2, 0) is 24.8 Å². The molecule has 1 amide bonds. The van der Waals surface area contributed by atoms with Crippen molar-refractivity contribution in [3.63, 3.8) is 0 Å². The van der Waals surface area contributed by atoms with Crippen molar-refractivity contribution in [2.24, 2.45) is 7.05 Å². The van der Waals surface area contributed by atoms with E-state index in [2.05, 4.69) is 25.6 Å². The van der Waals surface area contributed by atoms with Crippen LogP contribution in [0.1, 0.15) is 27.9 Å². The van der Waals surface area contributed by atoms with Crippen LogP contribution in [-0.4, -0.2) is 80.8 Å². The number of rotatable bonds is 9. The summed E-state index contributed by atoms with van der Waals surface area (Å²) in [5.41, 5.74) is 2.20. The molecule has 36 heavy (non-hydrogen) atoms. The van der Waals surface area contributed by atoms with E-state index in [4.69, 9.17) is 14.6 Å². The van der Waals surface area contributed by atoms with Gasteiger partial charge in [-0.15, -0.1) is 10.2 Å². The van der Waals surface area contributed by atoms with Crippen molar-refractivity contribution in [1.82, 2.24) is 40.2 Å². The fraction of sp³-hybridized carbons (Fsp3) is 0.400. The van der Waals surface area contributed by atoms with Crippen LogP contribution in [0.5, 0.6) is 5.75 Å². The minimum Gasteiger partial charge on any atom is -0.494 e. The molecule has 0 aliphatic carbocycles. The molecular formula is C25H30N8O3. The van der Waals surface area contributed by atoms with Gasteiger partial charge in [0.05, 0.1) is 40.0 Å². The zero-order chi connectivity index (χ0) is 24.9. The molecule has 0 bridgehead atoms. The summed E-state index contributed by atoms with van der Waals surface area (Å²) >= 11 is 0. The van der Waals surface area contributed by atoms with Gasteiger partial charge in [-0.05, 0) is 16.8 Å². The van der Waals surface area contributed by atoms with Crippen molar-refractivity contribution >= 4 is 16.8 Å². The van der Waals surface area contributed by atoms with E-state index in [0.717, 1.165) is 49.3 Å². The van der Waals surface area contributed by atoms with Gasteiger partial charge in [0, 0.05) is 31.4 Å². The second-order valence-corrected chi connectivity index (χ2v) is 8.74. The van der Waals surface area contributed by atoms with Gasteiger partial charge in [-0.2, -0.15) is 9.90 Å². The number of aromatic nitrogens is 6. The summed E-state index contributed by atoms with van der Waals surface area (Å²) in [4.78, 5) is 17.3. The van der Waals surface area contributed by atoms with Gasteiger partial charge in [0.1, 0.15) is 11.3 Å². The number of hydrogen-bond acceptors (Lipinski definition) is 8. The van der Waals surface area contributed by atoms with E-state index >= 15 is 0 Å².